The summed E-state index contributed by atoms with van der Waals surface area (Å²) >= 11 is 6.64. The average Bonchev–Trinajstić information content (AvgIpc) is 3.60. The fourth-order valence-corrected chi connectivity index (χ4v) is 7.38. The zero-order valence-electron chi connectivity index (χ0n) is 20.9. The van der Waals surface area contributed by atoms with Crippen LogP contribution in [0, 0.1) is 0 Å². The zero-order chi connectivity index (χ0) is 25.7. The van der Waals surface area contributed by atoms with Crippen LogP contribution in [0.5, 0.6) is 0 Å². The molecule has 1 aromatic heterocycles. The Labute approximate surface area is 230 Å². The SMILES string of the molecule is Clc1ccc2c(c1)-c1cc(-c3ccc4oc5ccccc5c4c3)ccc1C21c2ccccc2-c2ccccc21. The highest BCUT2D eigenvalue weighted by atomic mass is 35.5. The van der Waals surface area contributed by atoms with Crippen LogP contribution in [-0.2, 0) is 5.41 Å². The van der Waals surface area contributed by atoms with Crippen molar-refractivity contribution in [1.29, 1.82) is 0 Å². The summed E-state index contributed by atoms with van der Waals surface area (Å²) in [6.07, 6.45) is 0. The summed E-state index contributed by atoms with van der Waals surface area (Å²) in [5.74, 6) is 0. The van der Waals surface area contributed by atoms with Gasteiger partial charge in [-0.1, -0.05) is 103 Å². The third-order valence-corrected chi connectivity index (χ3v) is 9.00. The lowest BCUT2D eigenvalue weighted by Crippen LogP contribution is -2.25. The predicted molar refractivity (Wildman–Crippen MR) is 160 cm³/mol. The molecular formula is C37H21ClO. The van der Waals surface area contributed by atoms with E-state index in [4.69, 9.17) is 16.0 Å². The predicted octanol–water partition coefficient (Wildman–Crippen LogP) is 10.2. The molecule has 1 heterocycles. The van der Waals surface area contributed by atoms with Crippen molar-refractivity contribution in [3.8, 4) is 33.4 Å². The summed E-state index contributed by atoms with van der Waals surface area (Å²) in [6.45, 7) is 0. The van der Waals surface area contributed by atoms with Crippen molar-refractivity contribution in [3.63, 3.8) is 0 Å². The Balaban J connectivity index is 1.33. The van der Waals surface area contributed by atoms with Crippen molar-refractivity contribution in [2.45, 2.75) is 5.41 Å². The lowest BCUT2D eigenvalue weighted by atomic mass is 9.70. The topological polar surface area (TPSA) is 13.1 Å². The molecule has 0 radical (unpaired) electrons. The molecule has 39 heavy (non-hydrogen) atoms. The van der Waals surface area contributed by atoms with Gasteiger partial charge in [-0.15, -0.1) is 0 Å². The maximum Gasteiger partial charge on any atom is 0.135 e. The number of rotatable bonds is 1. The van der Waals surface area contributed by atoms with E-state index in [-0.39, 0.29) is 5.41 Å². The summed E-state index contributed by atoms with van der Waals surface area (Å²) in [6, 6.07) is 45.9. The summed E-state index contributed by atoms with van der Waals surface area (Å²) < 4.78 is 6.09. The number of halogens is 1. The minimum absolute atomic E-state index is 0.355. The van der Waals surface area contributed by atoms with E-state index in [0.29, 0.717) is 0 Å². The van der Waals surface area contributed by atoms with Crippen molar-refractivity contribution in [2.75, 3.05) is 0 Å². The van der Waals surface area contributed by atoms with E-state index < -0.39 is 0 Å². The van der Waals surface area contributed by atoms with Gasteiger partial charge in [0, 0.05) is 15.8 Å². The van der Waals surface area contributed by atoms with E-state index in [2.05, 4.69) is 109 Å². The van der Waals surface area contributed by atoms with E-state index in [9.17, 15) is 0 Å². The maximum absolute atomic E-state index is 6.64. The van der Waals surface area contributed by atoms with Crippen molar-refractivity contribution in [1.82, 2.24) is 0 Å². The number of benzene rings is 6. The minimum atomic E-state index is -0.355. The van der Waals surface area contributed by atoms with E-state index in [1.165, 1.54) is 55.6 Å². The molecule has 0 atom stereocenters. The van der Waals surface area contributed by atoms with Gasteiger partial charge in [0.25, 0.3) is 0 Å². The average molecular weight is 517 g/mol. The van der Waals surface area contributed by atoms with Gasteiger partial charge in [0.15, 0.2) is 0 Å². The molecule has 0 fully saturated rings. The lowest BCUT2D eigenvalue weighted by Gasteiger charge is -2.30. The highest BCUT2D eigenvalue weighted by molar-refractivity contribution is 6.31. The molecule has 0 saturated heterocycles. The van der Waals surface area contributed by atoms with Crippen LogP contribution in [0.1, 0.15) is 22.3 Å². The first-order valence-corrected chi connectivity index (χ1v) is 13.7. The number of hydrogen-bond donors (Lipinski definition) is 0. The molecule has 0 unspecified atom stereocenters. The van der Waals surface area contributed by atoms with Gasteiger partial charge in [-0.3, -0.25) is 0 Å². The van der Waals surface area contributed by atoms with Crippen molar-refractivity contribution < 1.29 is 4.42 Å². The van der Waals surface area contributed by atoms with Gasteiger partial charge in [-0.05, 0) is 92.0 Å². The molecule has 2 heteroatoms. The molecule has 2 aliphatic carbocycles. The van der Waals surface area contributed by atoms with E-state index in [1.807, 2.05) is 18.2 Å². The van der Waals surface area contributed by atoms with Gasteiger partial charge < -0.3 is 4.42 Å². The third-order valence-electron chi connectivity index (χ3n) is 8.76. The first-order chi connectivity index (χ1) is 19.2. The molecule has 9 rings (SSSR count). The second kappa shape index (κ2) is 7.50. The van der Waals surface area contributed by atoms with E-state index >= 15 is 0 Å². The van der Waals surface area contributed by atoms with Crippen LogP contribution in [-0.4, -0.2) is 0 Å². The van der Waals surface area contributed by atoms with Gasteiger partial charge in [0.1, 0.15) is 11.2 Å². The Morgan fingerprint density at radius 2 is 1.00 bits per heavy atom. The number of para-hydroxylation sites is 1. The van der Waals surface area contributed by atoms with Crippen LogP contribution < -0.4 is 0 Å². The quantitative estimate of drug-likeness (QED) is 0.211. The second-order valence-electron chi connectivity index (χ2n) is 10.6. The highest BCUT2D eigenvalue weighted by Crippen LogP contribution is 2.63. The Kier molecular flexibility index (Phi) is 4.11. The molecule has 0 aliphatic heterocycles. The molecule has 0 N–H and O–H groups in total. The summed E-state index contributed by atoms with van der Waals surface area (Å²) in [5, 5.41) is 3.04. The summed E-state index contributed by atoms with van der Waals surface area (Å²) in [5.41, 5.74) is 14.2. The molecule has 0 saturated carbocycles. The third kappa shape index (κ3) is 2.66. The Hall–Kier alpha value is -4.59. The molecule has 182 valence electrons. The fourth-order valence-electron chi connectivity index (χ4n) is 7.21. The molecule has 6 aromatic carbocycles. The molecular weight excluding hydrogens is 496 g/mol. The summed E-state index contributed by atoms with van der Waals surface area (Å²) in [4.78, 5) is 0. The first kappa shape index (κ1) is 21.4. The van der Waals surface area contributed by atoms with Gasteiger partial charge >= 0.3 is 0 Å². The molecule has 1 spiro atoms. The number of furan rings is 1. The van der Waals surface area contributed by atoms with E-state index in [1.54, 1.807) is 0 Å². The van der Waals surface area contributed by atoms with E-state index in [0.717, 1.165) is 27.0 Å². The van der Waals surface area contributed by atoms with Crippen molar-refractivity contribution >= 4 is 33.5 Å². The smallest absolute Gasteiger partial charge is 0.135 e. The van der Waals surface area contributed by atoms with Gasteiger partial charge in [0.2, 0.25) is 0 Å². The minimum Gasteiger partial charge on any atom is -0.456 e. The normalized spacial score (nSPS) is 14.0. The van der Waals surface area contributed by atoms with Gasteiger partial charge in [-0.25, -0.2) is 0 Å². The Morgan fingerprint density at radius 1 is 0.436 bits per heavy atom. The lowest BCUT2D eigenvalue weighted by molar-refractivity contribution is 0.669. The Morgan fingerprint density at radius 3 is 1.79 bits per heavy atom. The van der Waals surface area contributed by atoms with Crippen LogP contribution in [0.2, 0.25) is 5.02 Å². The van der Waals surface area contributed by atoms with Crippen LogP contribution in [0.3, 0.4) is 0 Å². The number of hydrogen-bond acceptors (Lipinski definition) is 1. The number of fused-ring (bicyclic) bond motifs is 13. The van der Waals surface area contributed by atoms with Gasteiger partial charge in [-0.2, -0.15) is 0 Å². The molecule has 0 bridgehead atoms. The van der Waals surface area contributed by atoms with Crippen LogP contribution >= 0.6 is 11.6 Å². The van der Waals surface area contributed by atoms with Gasteiger partial charge in [0.05, 0.1) is 5.41 Å². The maximum atomic E-state index is 6.64. The van der Waals surface area contributed by atoms with Crippen LogP contribution in [0.15, 0.2) is 132 Å². The molecule has 7 aromatic rings. The van der Waals surface area contributed by atoms with Crippen LogP contribution in [0.25, 0.3) is 55.3 Å². The molecule has 1 nitrogen and oxygen atoms in total. The van der Waals surface area contributed by atoms with Crippen LogP contribution in [0.4, 0.5) is 0 Å². The van der Waals surface area contributed by atoms with Crippen molar-refractivity contribution in [3.05, 3.63) is 155 Å². The van der Waals surface area contributed by atoms with Crippen molar-refractivity contribution in [2.24, 2.45) is 0 Å². The Bertz CT molecular complexity index is 2100. The largest absolute Gasteiger partial charge is 0.456 e. The highest BCUT2D eigenvalue weighted by Gasteiger charge is 2.51. The monoisotopic (exact) mass is 516 g/mol. The first-order valence-electron chi connectivity index (χ1n) is 13.3. The molecule has 2 aliphatic rings. The molecule has 0 amide bonds. The second-order valence-corrected chi connectivity index (χ2v) is 11.0. The zero-order valence-corrected chi connectivity index (χ0v) is 21.7. The standard InChI is InChI=1S/C37H21ClO/c38-24-15-17-34-29(21-24)28-19-22(23-14-18-36-30(20-23)27-9-3-6-12-35(27)39-36)13-16-33(28)37(34)31-10-4-1-7-25(31)26-8-2-5-11-32(26)37/h1-21H. The summed E-state index contributed by atoms with van der Waals surface area (Å²) in [7, 11) is 0. The fraction of sp³-hybridized carbons (Fsp3) is 0.0270.